The molecule has 3 aromatic rings. The summed E-state index contributed by atoms with van der Waals surface area (Å²) in [4.78, 5) is 14.8. The zero-order valence-corrected chi connectivity index (χ0v) is 18.7. The summed E-state index contributed by atoms with van der Waals surface area (Å²) < 4.78 is 33.0. The van der Waals surface area contributed by atoms with E-state index < -0.39 is 10.0 Å². The van der Waals surface area contributed by atoms with Crippen LogP contribution in [-0.4, -0.2) is 40.6 Å². The first-order valence-corrected chi connectivity index (χ1v) is 11.9. The quantitative estimate of drug-likeness (QED) is 0.561. The van der Waals surface area contributed by atoms with E-state index in [0.29, 0.717) is 35.2 Å². The summed E-state index contributed by atoms with van der Waals surface area (Å²) in [6, 6.07) is 19.9. The Kier molecular flexibility index (Phi) is 6.64. The van der Waals surface area contributed by atoms with E-state index in [1.807, 2.05) is 12.1 Å². The van der Waals surface area contributed by atoms with Gasteiger partial charge in [-0.1, -0.05) is 23.7 Å². The van der Waals surface area contributed by atoms with Crippen molar-refractivity contribution in [3.8, 4) is 0 Å². The van der Waals surface area contributed by atoms with Gasteiger partial charge in [-0.3, -0.25) is 9.52 Å². The van der Waals surface area contributed by atoms with Crippen molar-refractivity contribution in [2.24, 2.45) is 0 Å². The summed E-state index contributed by atoms with van der Waals surface area (Å²) >= 11 is 6.03. The van der Waals surface area contributed by atoms with E-state index in [0.717, 1.165) is 18.8 Å². The largest absolute Gasteiger partial charge is 0.378 e. The van der Waals surface area contributed by atoms with Gasteiger partial charge in [-0.15, -0.1) is 0 Å². The highest BCUT2D eigenvalue weighted by atomic mass is 35.5. The molecule has 32 heavy (non-hydrogen) atoms. The van der Waals surface area contributed by atoms with Crippen LogP contribution >= 0.6 is 11.6 Å². The van der Waals surface area contributed by atoms with E-state index in [2.05, 4.69) is 14.9 Å². The third-order valence-electron chi connectivity index (χ3n) is 5.05. The SMILES string of the molecule is O=C(Nc1ccc(S(=O)(=O)Nc2ccccc2Cl)cc1)c1ccc(N2CCOCC2)cc1. The van der Waals surface area contributed by atoms with Crippen LogP contribution in [0.2, 0.25) is 5.02 Å². The van der Waals surface area contributed by atoms with Gasteiger partial charge in [0.2, 0.25) is 0 Å². The molecule has 3 aromatic carbocycles. The summed E-state index contributed by atoms with van der Waals surface area (Å²) in [7, 11) is -3.81. The van der Waals surface area contributed by atoms with E-state index in [9.17, 15) is 13.2 Å². The Balaban J connectivity index is 1.41. The zero-order valence-electron chi connectivity index (χ0n) is 17.1. The van der Waals surface area contributed by atoms with Crippen LogP contribution in [0.1, 0.15) is 10.4 Å². The Morgan fingerprint density at radius 3 is 2.22 bits per heavy atom. The van der Waals surface area contributed by atoms with Crippen molar-refractivity contribution in [2.45, 2.75) is 4.90 Å². The van der Waals surface area contributed by atoms with E-state index in [1.54, 1.807) is 48.5 Å². The topological polar surface area (TPSA) is 87.7 Å². The van der Waals surface area contributed by atoms with Gasteiger partial charge in [-0.05, 0) is 60.7 Å². The van der Waals surface area contributed by atoms with Gasteiger partial charge in [0.25, 0.3) is 15.9 Å². The number of nitrogens with zero attached hydrogens (tertiary/aromatic N) is 1. The highest BCUT2D eigenvalue weighted by Gasteiger charge is 2.16. The minimum Gasteiger partial charge on any atom is -0.378 e. The van der Waals surface area contributed by atoms with E-state index >= 15 is 0 Å². The summed E-state index contributed by atoms with van der Waals surface area (Å²) in [6.45, 7) is 3.04. The standard InChI is InChI=1S/C23H22ClN3O4S/c24-21-3-1-2-4-22(21)26-32(29,30)20-11-7-18(8-12-20)25-23(28)17-5-9-19(10-6-17)27-13-15-31-16-14-27/h1-12,26H,13-16H2,(H,25,28). The molecule has 1 aliphatic rings. The number of carbonyl (C=O) groups excluding carboxylic acids is 1. The Morgan fingerprint density at radius 2 is 1.56 bits per heavy atom. The third kappa shape index (κ3) is 5.21. The molecule has 166 valence electrons. The van der Waals surface area contributed by atoms with Gasteiger partial charge < -0.3 is 15.0 Å². The van der Waals surface area contributed by atoms with Gasteiger partial charge in [-0.25, -0.2) is 8.42 Å². The lowest BCUT2D eigenvalue weighted by molar-refractivity contribution is 0.102. The lowest BCUT2D eigenvalue weighted by atomic mass is 10.1. The Bertz CT molecular complexity index is 1190. The number of benzene rings is 3. The lowest BCUT2D eigenvalue weighted by Crippen LogP contribution is -2.36. The van der Waals surface area contributed by atoms with Gasteiger partial charge in [0.1, 0.15) is 0 Å². The molecule has 1 saturated heterocycles. The van der Waals surface area contributed by atoms with Crippen molar-refractivity contribution >= 4 is 44.6 Å². The Hall–Kier alpha value is -3.07. The van der Waals surface area contributed by atoms with Crippen molar-refractivity contribution in [1.29, 1.82) is 0 Å². The number of morpholine rings is 1. The molecule has 1 fully saturated rings. The number of rotatable bonds is 6. The number of nitrogens with one attached hydrogen (secondary N) is 2. The smallest absolute Gasteiger partial charge is 0.261 e. The summed E-state index contributed by atoms with van der Waals surface area (Å²) in [5.74, 6) is -0.275. The number of carbonyl (C=O) groups is 1. The van der Waals surface area contributed by atoms with E-state index in [-0.39, 0.29) is 10.8 Å². The predicted octanol–water partition coefficient (Wildman–Crippen LogP) is 4.23. The number of halogens is 1. The molecule has 0 aromatic heterocycles. The van der Waals surface area contributed by atoms with Crippen LogP contribution in [0, 0.1) is 0 Å². The first kappa shape index (κ1) is 22.1. The van der Waals surface area contributed by atoms with Crippen LogP contribution in [-0.2, 0) is 14.8 Å². The fraction of sp³-hybridized carbons (Fsp3) is 0.174. The van der Waals surface area contributed by atoms with Gasteiger partial charge in [-0.2, -0.15) is 0 Å². The molecule has 0 aliphatic carbocycles. The molecule has 9 heteroatoms. The molecule has 0 radical (unpaired) electrons. The van der Waals surface area contributed by atoms with Crippen LogP contribution < -0.4 is 14.9 Å². The second-order valence-electron chi connectivity index (χ2n) is 7.21. The molecule has 0 spiro atoms. The molecule has 0 bridgehead atoms. The number of anilines is 3. The molecule has 1 aliphatic heterocycles. The molecule has 1 heterocycles. The van der Waals surface area contributed by atoms with Crippen LogP contribution in [0.3, 0.4) is 0 Å². The van der Waals surface area contributed by atoms with Crippen LogP contribution in [0.5, 0.6) is 0 Å². The Morgan fingerprint density at radius 1 is 0.906 bits per heavy atom. The predicted molar refractivity (Wildman–Crippen MR) is 126 cm³/mol. The normalized spacial score (nSPS) is 14.1. The van der Waals surface area contributed by atoms with E-state index in [4.69, 9.17) is 16.3 Å². The molecule has 0 saturated carbocycles. The van der Waals surface area contributed by atoms with Crippen molar-refractivity contribution in [3.05, 3.63) is 83.4 Å². The van der Waals surface area contributed by atoms with E-state index in [1.165, 1.54) is 12.1 Å². The molecule has 0 unspecified atom stereocenters. The third-order valence-corrected chi connectivity index (χ3v) is 6.76. The molecule has 1 amide bonds. The second-order valence-corrected chi connectivity index (χ2v) is 9.30. The summed E-state index contributed by atoms with van der Waals surface area (Å²) in [5, 5.41) is 3.09. The van der Waals surface area contributed by atoms with Gasteiger partial charge in [0.15, 0.2) is 0 Å². The molecular weight excluding hydrogens is 450 g/mol. The average Bonchev–Trinajstić information content (AvgIpc) is 2.81. The molecule has 2 N–H and O–H groups in total. The number of amides is 1. The maximum Gasteiger partial charge on any atom is 0.261 e. The first-order chi connectivity index (χ1) is 15.4. The molecule has 7 nitrogen and oxygen atoms in total. The van der Waals surface area contributed by atoms with Crippen LogP contribution in [0.25, 0.3) is 0 Å². The summed E-state index contributed by atoms with van der Waals surface area (Å²) in [5.41, 5.74) is 2.35. The average molecular weight is 472 g/mol. The molecule has 4 rings (SSSR count). The highest BCUT2D eigenvalue weighted by Crippen LogP contribution is 2.25. The van der Waals surface area contributed by atoms with Gasteiger partial charge in [0.05, 0.1) is 28.8 Å². The lowest BCUT2D eigenvalue weighted by Gasteiger charge is -2.28. The fourth-order valence-corrected chi connectivity index (χ4v) is 4.63. The summed E-state index contributed by atoms with van der Waals surface area (Å²) in [6.07, 6.45) is 0. The van der Waals surface area contributed by atoms with Crippen molar-refractivity contribution < 1.29 is 17.9 Å². The first-order valence-electron chi connectivity index (χ1n) is 10.0. The molecular formula is C23H22ClN3O4S. The number of hydrogen-bond donors (Lipinski definition) is 2. The van der Waals surface area contributed by atoms with Crippen LogP contribution in [0.4, 0.5) is 17.1 Å². The number of hydrogen-bond acceptors (Lipinski definition) is 5. The molecule has 0 atom stereocenters. The monoisotopic (exact) mass is 471 g/mol. The van der Waals surface area contributed by atoms with Gasteiger partial charge in [0, 0.05) is 30.0 Å². The Labute approximate surface area is 192 Å². The minimum atomic E-state index is -3.81. The van der Waals surface area contributed by atoms with Crippen molar-refractivity contribution in [3.63, 3.8) is 0 Å². The van der Waals surface area contributed by atoms with Crippen molar-refractivity contribution in [1.82, 2.24) is 0 Å². The van der Waals surface area contributed by atoms with Crippen molar-refractivity contribution in [2.75, 3.05) is 41.2 Å². The maximum absolute atomic E-state index is 12.6. The second kappa shape index (κ2) is 9.60. The highest BCUT2D eigenvalue weighted by molar-refractivity contribution is 7.92. The maximum atomic E-state index is 12.6. The number of ether oxygens (including phenoxy) is 1. The zero-order chi connectivity index (χ0) is 22.6. The van der Waals surface area contributed by atoms with Crippen LogP contribution in [0.15, 0.2) is 77.7 Å². The number of para-hydroxylation sites is 1. The number of sulfonamides is 1. The fourth-order valence-electron chi connectivity index (χ4n) is 3.31. The van der Waals surface area contributed by atoms with Gasteiger partial charge >= 0.3 is 0 Å². The minimum absolute atomic E-state index is 0.0604.